The molecule has 0 spiro atoms. The van der Waals surface area contributed by atoms with Crippen molar-refractivity contribution < 1.29 is 17.9 Å². The Hall–Kier alpha value is -2.55. The maximum atomic E-state index is 12.4. The Labute approximate surface area is 218 Å². The Kier molecular flexibility index (Phi) is 19.4. The van der Waals surface area contributed by atoms with Crippen molar-refractivity contribution in [2.24, 2.45) is 5.92 Å². The van der Waals surface area contributed by atoms with E-state index in [0.29, 0.717) is 5.92 Å². The first-order valence-electron chi connectivity index (χ1n) is 13.1. The molecule has 6 heteroatoms. The van der Waals surface area contributed by atoms with Crippen molar-refractivity contribution in [1.29, 1.82) is 0 Å². The third kappa shape index (κ3) is 13.5. The van der Waals surface area contributed by atoms with Gasteiger partial charge in [0.15, 0.2) is 0 Å². The SMILES string of the molecule is CC.CC.CC#CC.CCC(C)CCC(CC)c1nc(C)c(C)c(-c2ccc(OC(F)(F)F)cc2)n1. The number of halogens is 3. The van der Waals surface area contributed by atoms with E-state index in [1.54, 1.807) is 12.1 Å². The molecule has 2 atom stereocenters. The zero-order valence-electron chi connectivity index (χ0n) is 24.2. The number of nitrogens with zero attached hydrogens (tertiary/aromatic N) is 2. The predicted molar refractivity (Wildman–Crippen MR) is 147 cm³/mol. The van der Waals surface area contributed by atoms with E-state index in [4.69, 9.17) is 9.97 Å². The van der Waals surface area contributed by atoms with Gasteiger partial charge in [0.1, 0.15) is 11.6 Å². The highest BCUT2D eigenvalue weighted by Gasteiger charge is 2.31. The van der Waals surface area contributed by atoms with E-state index in [-0.39, 0.29) is 11.7 Å². The van der Waals surface area contributed by atoms with Gasteiger partial charge in [0.25, 0.3) is 0 Å². The second-order valence-electron chi connectivity index (χ2n) is 7.91. The number of aryl methyl sites for hydroxylation is 1. The van der Waals surface area contributed by atoms with Crippen molar-refractivity contribution in [3.05, 3.63) is 41.3 Å². The van der Waals surface area contributed by atoms with E-state index >= 15 is 0 Å². The molecule has 0 saturated carbocycles. The summed E-state index contributed by atoms with van der Waals surface area (Å²) in [6.07, 6.45) is -0.422. The van der Waals surface area contributed by atoms with Crippen LogP contribution in [0.3, 0.4) is 0 Å². The summed E-state index contributed by atoms with van der Waals surface area (Å²) in [4.78, 5) is 9.52. The maximum absolute atomic E-state index is 12.4. The second kappa shape index (κ2) is 19.6. The largest absolute Gasteiger partial charge is 0.573 e. The molecule has 0 radical (unpaired) electrons. The quantitative estimate of drug-likeness (QED) is 0.333. The average Bonchev–Trinajstić information content (AvgIpc) is 2.88. The normalized spacial score (nSPS) is 11.6. The summed E-state index contributed by atoms with van der Waals surface area (Å²) in [5.74, 6) is 6.89. The van der Waals surface area contributed by atoms with Crippen molar-refractivity contribution in [1.82, 2.24) is 9.97 Å². The van der Waals surface area contributed by atoms with Gasteiger partial charge in [0.05, 0.1) is 5.69 Å². The summed E-state index contributed by atoms with van der Waals surface area (Å²) >= 11 is 0. The summed E-state index contributed by atoms with van der Waals surface area (Å²) in [5, 5.41) is 0. The molecule has 0 amide bonds. The minimum atomic E-state index is -4.69. The molecule has 0 aliphatic heterocycles. The number of ether oxygens (including phenoxy) is 1. The van der Waals surface area contributed by atoms with E-state index in [2.05, 4.69) is 37.3 Å². The zero-order chi connectivity index (χ0) is 28.3. The molecule has 0 saturated heterocycles. The van der Waals surface area contributed by atoms with Crippen LogP contribution in [0.4, 0.5) is 13.2 Å². The molecule has 3 nitrogen and oxygen atoms in total. The topological polar surface area (TPSA) is 35.0 Å². The highest BCUT2D eigenvalue weighted by molar-refractivity contribution is 5.64. The molecule has 2 rings (SSSR count). The van der Waals surface area contributed by atoms with E-state index in [1.807, 2.05) is 55.4 Å². The molecule has 0 fully saturated rings. The standard InChI is InChI=1S/C22H29F3N2O.C4H6.2C2H6/c1-6-14(3)8-9-17(7-2)21-26-16(5)15(4)20(27-21)18-10-12-19(13-11-18)28-22(23,24)25;1-3-4-2;2*1-2/h10-14,17H,6-9H2,1-5H3;1-2H3;2*1-2H3. The molecule has 1 heterocycles. The van der Waals surface area contributed by atoms with Crippen LogP contribution in [0.5, 0.6) is 5.75 Å². The highest BCUT2D eigenvalue weighted by atomic mass is 19.4. The first kappa shape index (κ1) is 35.6. The summed E-state index contributed by atoms with van der Waals surface area (Å²) in [6.45, 7) is 22.1. The van der Waals surface area contributed by atoms with Crippen LogP contribution in [0.25, 0.3) is 11.3 Å². The summed E-state index contributed by atoms with van der Waals surface area (Å²) < 4.78 is 41.1. The van der Waals surface area contributed by atoms with Gasteiger partial charge in [-0.15, -0.1) is 25.0 Å². The van der Waals surface area contributed by atoms with Gasteiger partial charge in [-0.05, 0) is 76.3 Å². The summed E-state index contributed by atoms with van der Waals surface area (Å²) in [6, 6.07) is 5.86. The monoisotopic (exact) mass is 508 g/mol. The third-order valence-corrected chi connectivity index (χ3v) is 5.58. The van der Waals surface area contributed by atoms with Crippen LogP contribution in [0, 0.1) is 31.6 Å². The number of rotatable bonds is 8. The lowest BCUT2D eigenvalue weighted by Gasteiger charge is -2.19. The smallest absolute Gasteiger partial charge is 0.406 e. The van der Waals surface area contributed by atoms with Crippen LogP contribution in [0.2, 0.25) is 0 Å². The van der Waals surface area contributed by atoms with Gasteiger partial charge in [0, 0.05) is 17.2 Å². The number of aromatic nitrogens is 2. The molecular formula is C30H47F3N2O. The fourth-order valence-corrected chi connectivity index (χ4v) is 3.13. The second-order valence-corrected chi connectivity index (χ2v) is 7.91. The van der Waals surface area contributed by atoms with Crippen molar-refractivity contribution in [3.8, 4) is 28.8 Å². The Bertz CT molecular complexity index is 891. The number of alkyl halides is 3. The molecule has 0 aliphatic carbocycles. The lowest BCUT2D eigenvalue weighted by atomic mass is 9.92. The van der Waals surface area contributed by atoms with Gasteiger partial charge < -0.3 is 4.74 Å². The van der Waals surface area contributed by atoms with Crippen molar-refractivity contribution >= 4 is 0 Å². The van der Waals surface area contributed by atoms with Crippen LogP contribution in [0.1, 0.15) is 111 Å². The Morgan fingerprint density at radius 1 is 0.861 bits per heavy atom. The third-order valence-electron chi connectivity index (χ3n) is 5.58. The van der Waals surface area contributed by atoms with Gasteiger partial charge >= 0.3 is 6.36 Å². The van der Waals surface area contributed by atoms with E-state index in [1.165, 1.54) is 12.1 Å². The van der Waals surface area contributed by atoms with Gasteiger partial charge in [-0.2, -0.15) is 0 Å². The Morgan fingerprint density at radius 2 is 1.39 bits per heavy atom. The predicted octanol–water partition coefficient (Wildman–Crippen LogP) is 10.1. The molecule has 36 heavy (non-hydrogen) atoms. The first-order chi connectivity index (χ1) is 17.1. The maximum Gasteiger partial charge on any atom is 0.573 e. The van der Waals surface area contributed by atoms with E-state index in [0.717, 1.165) is 54.0 Å². The van der Waals surface area contributed by atoms with Crippen LogP contribution < -0.4 is 4.74 Å². The van der Waals surface area contributed by atoms with E-state index in [9.17, 15) is 13.2 Å². The summed E-state index contributed by atoms with van der Waals surface area (Å²) in [7, 11) is 0. The van der Waals surface area contributed by atoms with Crippen LogP contribution in [0.15, 0.2) is 24.3 Å². The molecule has 0 bridgehead atoms. The Balaban J connectivity index is 0. The number of benzene rings is 1. The van der Waals surface area contributed by atoms with Gasteiger partial charge in [-0.25, -0.2) is 9.97 Å². The summed E-state index contributed by atoms with van der Waals surface area (Å²) in [5.41, 5.74) is 3.36. The lowest BCUT2D eigenvalue weighted by molar-refractivity contribution is -0.274. The minimum absolute atomic E-state index is 0.236. The molecule has 2 aromatic rings. The average molecular weight is 509 g/mol. The number of hydrogen-bond acceptors (Lipinski definition) is 3. The van der Waals surface area contributed by atoms with Gasteiger partial charge in [-0.1, -0.05) is 61.3 Å². The van der Waals surface area contributed by atoms with Crippen molar-refractivity contribution in [2.45, 2.75) is 114 Å². The highest BCUT2D eigenvalue weighted by Crippen LogP contribution is 2.31. The molecule has 1 aromatic carbocycles. The van der Waals surface area contributed by atoms with Gasteiger partial charge in [-0.3, -0.25) is 0 Å². The lowest BCUT2D eigenvalue weighted by Crippen LogP contribution is -2.17. The zero-order valence-corrected chi connectivity index (χ0v) is 24.2. The Morgan fingerprint density at radius 3 is 1.81 bits per heavy atom. The molecular weight excluding hydrogens is 461 g/mol. The van der Waals surface area contributed by atoms with Gasteiger partial charge in [0.2, 0.25) is 0 Å². The van der Waals surface area contributed by atoms with Crippen LogP contribution in [-0.4, -0.2) is 16.3 Å². The minimum Gasteiger partial charge on any atom is -0.406 e. The molecule has 1 aromatic heterocycles. The van der Waals surface area contributed by atoms with Crippen LogP contribution in [-0.2, 0) is 0 Å². The number of hydrogen-bond donors (Lipinski definition) is 0. The van der Waals surface area contributed by atoms with Crippen LogP contribution >= 0.6 is 0 Å². The van der Waals surface area contributed by atoms with E-state index < -0.39 is 6.36 Å². The fraction of sp³-hybridized carbons (Fsp3) is 0.600. The molecule has 0 aliphatic rings. The molecule has 2 unspecified atom stereocenters. The first-order valence-corrected chi connectivity index (χ1v) is 13.1. The molecule has 204 valence electrons. The fourth-order valence-electron chi connectivity index (χ4n) is 3.13. The van der Waals surface area contributed by atoms with Crippen molar-refractivity contribution in [3.63, 3.8) is 0 Å². The van der Waals surface area contributed by atoms with Crippen molar-refractivity contribution in [2.75, 3.05) is 0 Å². The molecule has 0 N–H and O–H groups in total.